The lowest BCUT2D eigenvalue weighted by molar-refractivity contribution is -0.120. The van der Waals surface area contributed by atoms with Crippen molar-refractivity contribution in [1.82, 2.24) is 3.89 Å². The number of nitrogens with zero attached hydrogens (tertiary/aromatic N) is 2. The maximum atomic E-state index is 13.4. The summed E-state index contributed by atoms with van der Waals surface area (Å²) in [6, 6.07) is 9.59. The summed E-state index contributed by atoms with van der Waals surface area (Å²) in [7, 11) is 0.921. The number of fused-ring (bicyclic) bond motifs is 2. The number of carbonyl (C=O) groups excluding carboxylic acids is 1. The number of benzene rings is 2. The van der Waals surface area contributed by atoms with Crippen molar-refractivity contribution in [3.8, 4) is 17.2 Å². The van der Waals surface area contributed by atoms with Crippen LogP contribution in [0.2, 0.25) is 0 Å². The summed E-state index contributed by atoms with van der Waals surface area (Å²) in [5.41, 5.74) is 0.954. The van der Waals surface area contributed by atoms with Gasteiger partial charge in [-0.1, -0.05) is 0 Å². The molecule has 2 aromatic carbocycles. The molecule has 0 unspecified atom stereocenters. The standard InChI is InChI=1S/C18H19N2O6S/c1-19-14-9-13(5-7-15(14)24-10-18(19)21)27(22,23)20(2,3)12-4-6-16-17(8-12)26-11-25-16/h4-9H,10-11H2,1-3H3/q+1. The summed E-state index contributed by atoms with van der Waals surface area (Å²) < 4.78 is 42.4. The number of sulfonamides is 1. The summed E-state index contributed by atoms with van der Waals surface area (Å²) in [4.78, 5) is 13.4. The van der Waals surface area contributed by atoms with Gasteiger partial charge >= 0.3 is 10.0 Å². The predicted octanol–water partition coefficient (Wildman–Crippen LogP) is 1.73. The van der Waals surface area contributed by atoms with Crippen LogP contribution in [0.1, 0.15) is 0 Å². The Balaban J connectivity index is 1.78. The Labute approximate surface area is 157 Å². The van der Waals surface area contributed by atoms with E-state index in [2.05, 4.69) is 0 Å². The van der Waals surface area contributed by atoms with Crippen molar-refractivity contribution >= 4 is 27.3 Å². The molecule has 0 bridgehead atoms. The molecule has 0 saturated heterocycles. The third-order valence-corrected chi connectivity index (χ3v) is 7.16. The fourth-order valence-corrected chi connectivity index (χ4v) is 4.45. The highest BCUT2D eigenvalue weighted by Gasteiger charge is 2.39. The predicted molar refractivity (Wildman–Crippen MR) is 98.7 cm³/mol. The average molecular weight is 391 g/mol. The zero-order valence-corrected chi connectivity index (χ0v) is 15.9. The largest absolute Gasteiger partial charge is 0.482 e. The second-order valence-corrected chi connectivity index (χ2v) is 9.07. The van der Waals surface area contributed by atoms with Crippen molar-refractivity contribution in [2.45, 2.75) is 4.90 Å². The number of amides is 1. The monoisotopic (exact) mass is 391 g/mol. The normalized spacial score (nSPS) is 16.1. The average Bonchev–Trinajstić information content (AvgIpc) is 3.12. The maximum Gasteiger partial charge on any atom is 0.331 e. The molecule has 0 fully saturated rings. The van der Waals surface area contributed by atoms with E-state index in [0.717, 1.165) is 0 Å². The fraction of sp³-hybridized carbons (Fsp3) is 0.278. The molecular formula is C18H19N2O6S+. The molecule has 0 radical (unpaired) electrons. The highest BCUT2D eigenvalue weighted by atomic mass is 32.2. The van der Waals surface area contributed by atoms with Gasteiger partial charge in [0.1, 0.15) is 10.6 Å². The van der Waals surface area contributed by atoms with Crippen LogP contribution in [-0.4, -0.2) is 48.9 Å². The summed E-state index contributed by atoms with van der Waals surface area (Å²) in [5.74, 6) is 1.34. The van der Waals surface area contributed by atoms with Gasteiger partial charge < -0.3 is 19.1 Å². The number of hydrogen-bond donors (Lipinski definition) is 0. The van der Waals surface area contributed by atoms with Crippen molar-refractivity contribution in [2.75, 3.05) is 39.4 Å². The van der Waals surface area contributed by atoms with E-state index in [1.165, 1.54) is 17.0 Å². The molecule has 9 heteroatoms. The van der Waals surface area contributed by atoms with Crippen LogP contribution in [0.3, 0.4) is 0 Å². The maximum absolute atomic E-state index is 13.4. The van der Waals surface area contributed by atoms with Crippen LogP contribution >= 0.6 is 0 Å². The van der Waals surface area contributed by atoms with Gasteiger partial charge in [-0.25, -0.2) is 0 Å². The van der Waals surface area contributed by atoms with Gasteiger partial charge in [-0.3, -0.25) is 4.79 Å². The van der Waals surface area contributed by atoms with E-state index in [0.29, 0.717) is 28.6 Å². The van der Waals surface area contributed by atoms with Gasteiger partial charge in [0.2, 0.25) is 6.79 Å². The first-order chi connectivity index (χ1) is 12.7. The molecule has 0 N–H and O–H groups in total. The number of quaternary nitrogens is 1. The van der Waals surface area contributed by atoms with Crippen molar-refractivity contribution in [2.24, 2.45) is 0 Å². The molecule has 0 saturated carbocycles. The second kappa shape index (κ2) is 5.86. The Morgan fingerprint density at radius 2 is 1.67 bits per heavy atom. The molecule has 8 nitrogen and oxygen atoms in total. The van der Waals surface area contributed by atoms with Gasteiger partial charge in [0.05, 0.1) is 19.8 Å². The molecule has 0 atom stereocenters. The molecule has 1 amide bonds. The van der Waals surface area contributed by atoms with Crippen molar-refractivity contribution in [1.29, 1.82) is 0 Å². The van der Waals surface area contributed by atoms with E-state index in [1.54, 1.807) is 45.4 Å². The molecule has 2 heterocycles. The summed E-state index contributed by atoms with van der Waals surface area (Å²) in [5, 5.41) is 0. The number of carbonyl (C=O) groups is 1. The smallest absolute Gasteiger partial charge is 0.331 e. The van der Waals surface area contributed by atoms with E-state index in [4.69, 9.17) is 14.2 Å². The minimum atomic E-state index is -3.84. The van der Waals surface area contributed by atoms with Crippen molar-refractivity contribution in [3.05, 3.63) is 36.4 Å². The third kappa shape index (κ3) is 2.62. The summed E-state index contributed by atoms with van der Waals surface area (Å²) in [6.07, 6.45) is 0. The van der Waals surface area contributed by atoms with Gasteiger partial charge in [0, 0.05) is 19.2 Å². The number of hydrogen-bond acceptors (Lipinski definition) is 6. The number of anilines is 1. The van der Waals surface area contributed by atoms with Crippen LogP contribution in [0.4, 0.5) is 11.4 Å². The zero-order chi connectivity index (χ0) is 19.4. The molecule has 2 aliphatic rings. The molecule has 0 spiro atoms. The lowest BCUT2D eigenvalue weighted by atomic mass is 10.2. The Hall–Kier alpha value is -2.78. The summed E-state index contributed by atoms with van der Waals surface area (Å²) in [6.45, 7) is 0.0541. The minimum absolute atomic E-state index is 0.0612. The fourth-order valence-electron chi connectivity index (χ4n) is 3.03. The van der Waals surface area contributed by atoms with E-state index >= 15 is 0 Å². The second-order valence-electron chi connectivity index (χ2n) is 6.73. The molecule has 0 aromatic heterocycles. The van der Waals surface area contributed by atoms with Gasteiger partial charge in [-0.2, -0.15) is 12.3 Å². The van der Waals surface area contributed by atoms with Gasteiger partial charge in [-0.05, 0) is 24.3 Å². The van der Waals surface area contributed by atoms with Crippen LogP contribution in [0, 0.1) is 0 Å². The molecule has 0 aliphatic carbocycles. The van der Waals surface area contributed by atoms with Crippen LogP contribution < -0.4 is 23.0 Å². The van der Waals surface area contributed by atoms with Crippen molar-refractivity contribution in [3.63, 3.8) is 0 Å². The Morgan fingerprint density at radius 3 is 2.44 bits per heavy atom. The van der Waals surface area contributed by atoms with Crippen LogP contribution in [0.5, 0.6) is 17.2 Å². The molecule has 2 aromatic rings. The minimum Gasteiger partial charge on any atom is -0.482 e. The molecule has 27 heavy (non-hydrogen) atoms. The topological polar surface area (TPSA) is 82.1 Å². The molecular weight excluding hydrogens is 372 g/mol. The SMILES string of the molecule is CN1C(=O)COc2ccc(S(=O)(=O)[N+](C)(C)c3ccc4c(c3)OCO4)cc21. The highest BCUT2D eigenvalue weighted by molar-refractivity contribution is 7.91. The first-order valence-electron chi connectivity index (χ1n) is 8.24. The van der Waals surface area contributed by atoms with Gasteiger partial charge in [0.25, 0.3) is 5.91 Å². The Bertz CT molecular complexity index is 1050. The van der Waals surface area contributed by atoms with Crippen LogP contribution in [0.25, 0.3) is 0 Å². The lowest BCUT2D eigenvalue weighted by Gasteiger charge is -2.30. The van der Waals surface area contributed by atoms with E-state index in [9.17, 15) is 13.2 Å². The first-order valence-corrected chi connectivity index (χ1v) is 9.68. The van der Waals surface area contributed by atoms with Crippen LogP contribution in [-0.2, 0) is 14.8 Å². The van der Waals surface area contributed by atoms with Gasteiger partial charge in [-0.15, -0.1) is 0 Å². The Morgan fingerprint density at radius 1 is 0.963 bits per heavy atom. The van der Waals surface area contributed by atoms with Crippen molar-refractivity contribution < 1.29 is 27.4 Å². The molecule has 2 aliphatic heterocycles. The lowest BCUT2D eigenvalue weighted by Crippen LogP contribution is -2.46. The molecule has 4 rings (SSSR count). The highest BCUT2D eigenvalue weighted by Crippen LogP contribution is 2.40. The van der Waals surface area contributed by atoms with E-state index in [-0.39, 0.29) is 24.2 Å². The third-order valence-electron chi connectivity index (χ3n) is 4.89. The van der Waals surface area contributed by atoms with E-state index < -0.39 is 13.9 Å². The van der Waals surface area contributed by atoms with E-state index in [1.807, 2.05) is 0 Å². The van der Waals surface area contributed by atoms with Crippen LogP contribution in [0.15, 0.2) is 41.3 Å². The number of ether oxygens (including phenoxy) is 3. The summed E-state index contributed by atoms with van der Waals surface area (Å²) >= 11 is 0. The quantitative estimate of drug-likeness (QED) is 0.741. The molecule has 142 valence electrons. The first kappa shape index (κ1) is 17.6. The number of likely N-dealkylation sites (N-methyl/N-ethyl adjacent to an activating group) is 1. The zero-order valence-electron chi connectivity index (χ0n) is 15.1. The van der Waals surface area contributed by atoms with Gasteiger partial charge in [0.15, 0.2) is 23.8 Å². The Kier molecular flexibility index (Phi) is 3.83. The number of rotatable bonds is 3.